The molecule has 0 saturated carbocycles. The fourth-order valence-corrected chi connectivity index (χ4v) is 2.65. The van der Waals surface area contributed by atoms with Gasteiger partial charge in [-0.25, -0.2) is 0 Å². The highest BCUT2D eigenvalue weighted by Crippen LogP contribution is 2.08. The summed E-state index contributed by atoms with van der Waals surface area (Å²) in [6, 6.07) is 0. The Balaban J connectivity index is 1.86. The molecule has 1 aliphatic rings. The van der Waals surface area contributed by atoms with Crippen molar-refractivity contribution in [1.82, 2.24) is 15.5 Å². The smallest absolute Gasteiger partial charge is 0.219 e. The van der Waals surface area contributed by atoms with Gasteiger partial charge in [-0.15, -0.1) is 0 Å². The van der Waals surface area contributed by atoms with Crippen LogP contribution in [0.3, 0.4) is 0 Å². The standard InChI is InChI=1S/C16H31N3O2/c1-15(20)17-10-5-2-4-9-16(21)18-11-8-14-19-12-6-3-7-13-19/h2-14H2,1H3,(H,17,20)(H,18,21). The molecule has 0 aromatic heterocycles. The van der Waals surface area contributed by atoms with Crippen LogP contribution in [-0.2, 0) is 9.59 Å². The highest BCUT2D eigenvalue weighted by Gasteiger charge is 2.09. The van der Waals surface area contributed by atoms with E-state index in [0.717, 1.165) is 38.8 Å². The molecular formula is C16H31N3O2. The van der Waals surface area contributed by atoms with Gasteiger partial charge in [0.2, 0.25) is 11.8 Å². The molecule has 0 aliphatic carbocycles. The van der Waals surface area contributed by atoms with Gasteiger partial charge in [0, 0.05) is 26.4 Å². The Hall–Kier alpha value is -1.10. The van der Waals surface area contributed by atoms with E-state index in [1.807, 2.05) is 0 Å². The molecular weight excluding hydrogens is 266 g/mol. The number of amides is 2. The van der Waals surface area contributed by atoms with E-state index in [9.17, 15) is 9.59 Å². The summed E-state index contributed by atoms with van der Waals surface area (Å²) in [6.07, 6.45) is 8.50. The summed E-state index contributed by atoms with van der Waals surface area (Å²) in [4.78, 5) is 24.8. The van der Waals surface area contributed by atoms with E-state index in [0.29, 0.717) is 13.0 Å². The van der Waals surface area contributed by atoms with Crippen molar-refractivity contribution in [3.63, 3.8) is 0 Å². The van der Waals surface area contributed by atoms with Crippen LogP contribution in [0.15, 0.2) is 0 Å². The van der Waals surface area contributed by atoms with Gasteiger partial charge in [-0.05, 0) is 51.7 Å². The first-order valence-corrected chi connectivity index (χ1v) is 8.42. The van der Waals surface area contributed by atoms with Gasteiger partial charge in [0.25, 0.3) is 0 Å². The van der Waals surface area contributed by atoms with E-state index in [2.05, 4.69) is 15.5 Å². The Morgan fingerprint density at radius 2 is 1.62 bits per heavy atom. The van der Waals surface area contributed by atoms with E-state index < -0.39 is 0 Å². The van der Waals surface area contributed by atoms with Gasteiger partial charge in [0.15, 0.2) is 0 Å². The topological polar surface area (TPSA) is 61.4 Å². The van der Waals surface area contributed by atoms with Gasteiger partial charge in [-0.1, -0.05) is 12.8 Å². The molecule has 0 bridgehead atoms. The molecule has 5 heteroatoms. The first-order valence-electron chi connectivity index (χ1n) is 8.42. The highest BCUT2D eigenvalue weighted by molar-refractivity contribution is 5.75. The van der Waals surface area contributed by atoms with E-state index in [1.165, 1.54) is 39.3 Å². The summed E-state index contributed by atoms with van der Waals surface area (Å²) < 4.78 is 0. The fourth-order valence-electron chi connectivity index (χ4n) is 2.65. The Labute approximate surface area is 128 Å². The Morgan fingerprint density at radius 3 is 2.33 bits per heavy atom. The number of carbonyl (C=O) groups excluding carboxylic acids is 2. The summed E-state index contributed by atoms with van der Waals surface area (Å²) in [5.74, 6) is 0.176. The lowest BCUT2D eigenvalue weighted by Gasteiger charge is -2.26. The average Bonchev–Trinajstić information content (AvgIpc) is 2.48. The Kier molecular flexibility index (Phi) is 9.87. The van der Waals surface area contributed by atoms with Gasteiger partial charge in [-0.2, -0.15) is 0 Å². The molecule has 1 fully saturated rings. The minimum Gasteiger partial charge on any atom is -0.356 e. The molecule has 0 aromatic rings. The summed E-state index contributed by atoms with van der Waals surface area (Å²) in [7, 11) is 0. The number of nitrogens with zero attached hydrogens (tertiary/aromatic N) is 1. The zero-order chi connectivity index (χ0) is 15.3. The maximum atomic E-state index is 11.6. The van der Waals surface area contributed by atoms with E-state index in [4.69, 9.17) is 0 Å². The van der Waals surface area contributed by atoms with E-state index in [-0.39, 0.29) is 11.8 Å². The molecule has 21 heavy (non-hydrogen) atoms. The quantitative estimate of drug-likeness (QED) is 0.603. The summed E-state index contributed by atoms with van der Waals surface area (Å²) >= 11 is 0. The second-order valence-corrected chi connectivity index (χ2v) is 5.90. The van der Waals surface area contributed by atoms with Crippen LogP contribution in [0.4, 0.5) is 0 Å². The molecule has 2 amide bonds. The first kappa shape index (κ1) is 18.0. The predicted octanol–water partition coefficient (Wildman–Crippen LogP) is 1.68. The van der Waals surface area contributed by atoms with Crippen molar-refractivity contribution in [3.8, 4) is 0 Å². The molecule has 0 spiro atoms. The van der Waals surface area contributed by atoms with Crippen LogP contribution in [0.5, 0.6) is 0 Å². The number of carbonyl (C=O) groups is 2. The normalized spacial score (nSPS) is 15.7. The molecule has 0 atom stereocenters. The maximum absolute atomic E-state index is 11.6. The number of piperidine rings is 1. The third kappa shape index (κ3) is 10.3. The van der Waals surface area contributed by atoms with Crippen molar-refractivity contribution in [2.75, 3.05) is 32.7 Å². The van der Waals surface area contributed by atoms with Crippen LogP contribution in [0.1, 0.15) is 58.3 Å². The zero-order valence-corrected chi connectivity index (χ0v) is 13.5. The highest BCUT2D eigenvalue weighted by atomic mass is 16.2. The third-order valence-corrected chi connectivity index (χ3v) is 3.88. The van der Waals surface area contributed by atoms with Crippen molar-refractivity contribution >= 4 is 11.8 Å². The molecule has 0 aromatic carbocycles. The third-order valence-electron chi connectivity index (χ3n) is 3.88. The molecule has 5 nitrogen and oxygen atoms in total. The summed E-state index contributed by atoms with van der Waals surface area (Å²) in [5.41, 5.74) is 0. The Morgan fingerprint density at radius 1 is 0.905 bits per heavy atom. The van der Waals surface area contributed by atoms with Gasteiger partial charge < -0.3 is 15.5 Å². The molecule has 1 rings (SSSR count). The van der Waals surface area contributed by atoms with E-state index in [1.54, 1.807) is 0 Å². The molecule has 0 unspecified atom stereocenters. The van der Waals surface area contributed by atoms with Crippen molar-refractivity contribution in [2.24, 2.45) is 0 Å². The number of hydrogen-bond acceptors (Lipinski definition) is 3. The van der Waals surface area contributed by atoms with E-state index >= 15 is 0 Å². The van der Waals surface area contributed by atoms with Crippen molar-refractivity contribution in [3.05, 3.63) is 0 Å². The van der Waals surface area contributed by atoms with Crippen LogP contribution in [0, 0.1) is 0 Å². The Bertz CT molecular complexity index is 302. The largest absolute Gasteiger partial charge is 0.356 e. The fraction of sp³-hybridized carbons (Fsp3) is 0.875. The van der Waals surface area contributed by atoms with Gasteiger partial charge >= 0.3 is 0 Å². The molecule has 1 saturated heterocycles. The molecule has 0 radical (unpaired) electrons. The number of likely N-dealkylation sites (tertiary alicyclic amines) is 1. The maximum Gasteiger partial charge on any atom is 0.219 e. The van der Waals surface area contributed by atoms with Crippen molar-refractivity contribution in [1.29, 1.82) is 0 Å². The van der Waals surface area contributed by atoms with Crippen LogP contribution in [0.25, 0.3) is 0 Å². The summed E-state index contributed by atoms with van der Waals surface area (Å²) in [5, 5.41) is 5.76. The SMILES string of the molecule is CC(=O)NCCCCCC(=O)NCCCN1CCCCC1. The second kappa shape index (κ2) is 11.5. The van der Waals surface area contributed by atoms with Gasteiger partial charge in [0.1, 0.15) is 0 Å². The number of nitrogens with one attached hydrogen (secondary N) is 2. The predicted molar refractivity (Wildman–Crippen MR) is 85.1 cm³/mol. The molecule has 1 heterocycles. The van der Waals surface area contributed by atoms with Crippen molar-refractivity contribution < 1.29 is 9.59 Å². The van der Waals surface area contributed by atoms with Crippen molar-refractivity contribution in [2.45, 2.75) is 58.3 Å². The van der Waals surface area contributed by atoms with Crippen LogP contribution in [-0.4, -0.2) is 49.4 Å². The minimum absolute atomic E-state index is 0.0152. The monoisotopic (exact) mass is 297 g/mol. The lowest BCUT2D eigenvalue weighted by atomic mass is 10.1. The number of unbranched alkanes of at least 4 members (excludes halogenated alkanes) is 2. The molecule has 2 N–H and O–H groups in total. The minimum atomic E-state index is 0.0152. The first-order chi connectivity index (χ1) is 10.2. The average molecular weight is 297 g/mol. The number of rotatable bonds is 10. The zero-order valence-electron chi connectivity index (χ0n) is 13.5. The van der Waals surface area contributed by atoms with Crippen LogP contribution < -0.4 is 10.6 Å². The summed E-state index contributed by atoms with van der Waals surface area (Å²) in [6.45, 7) is 6.59. The van der Waals surface area contributed by atoms with Gasteiger partial charge in [-0.3, -0.25) is 9.59 Å². The molecule has 1 aliphatic heterocycles. The van der Waals surface area contributed by atoms with Crippen LogP contribution >= 0.6 is 0 Å². The van der Waals surface area contributed by atoms with Crippen LogP contribution in [0.2, 0.25) is 0 Å². The number of hydrogen-bond donors (Lipinski definition) is 2. The molecule has 122 valence electrons. The lowest BCUT2D eigenvalue weighted by molar-refractivity contribution is -0.121. The lowest BCUT2D eigenvalue weighted by Crippen LogP contribution is -2.33. The second-order valence-electron chi connectivity index (χ2n) is 5.90. The van der Waals surface area contributed by atoms with Gasteiger partial charge in [0.05, 0.1) is 0 Å².